The van der Waals surface area contributed by atoms with Gasteiger partial charge in [0.15, 0.2) is 5.79 Å². The largest absolute Gasteiger partial charge is 0.348 e. The molecule has 1 saturated heterocycles. The van der Waals surface area contributed by atoms with E-state index < -0.39 is 15.9 Å². The van der Waals surface area contributed by atoms with Crippen LogP contribution in [0, 0.1) is 0 Å². The van der Waals surface area contributed by atoms with Gasteiger partial charge >= 0.3 is 0 Å². The zero-order chi connectivity index (χ0) is 15.6. The lowest BCUT2D eigenvalue weighted by molar-refractivity contribution is -0.150. The van der Waals surface area contributed by atoms with Crippen LogP contribution in [0.1, 0.15) is 13.3 Å². The number of fused-ring (bicyclic) bond motifs is 1. The summed E-state index contributed by atoms with van der Waals surface area (Å²) in [6.45, 7) is 2.85. The van der Waals surface area contributed by atoms with Crippen LogP contribution in [0.15, 0.2) is 47.4 Å². The number of hydrogen-bond donors (Lipinski definition) is 0. The molecule has 1 heterocycles. The molecule has 1 fully saturated rings. The van der Waals surface area contributed by atoms with Crippen molar-refractivity contribution in [1.29, 1.82) is 0 Å². The molecule has 6 heteroatoms. The van der Waals surface area contributed by atoms with Crippen molar-refractivity contribution in [3.05, 3.63) is 42.5 Å². The maximum atomic E-state index is 12.3. The highest BCUT2D eigenvalue weighted by Gasteiger charge is 2.31. The van der Waals surface area contributed by atoms with Crippen LogP contribution in [0.2, 0.25) is 0 Å². The molecule has 0 radical (unpaired) electrons. The minimum absolute atomic E-state index is 0.0195. The zero-order valence-electron chi connectivity index (χ0n) is 12.3. The average Bonchev–Trinajstić information content (AvgIpc) is 2.93. The van der Waals surface area contributed by atoms with Gasteiger partial charge in [-0.25, -0.2) is 0 Å². The molecule has 0 amide bonds. The van der Waals surface area contributed by atoms with Gasteiger partial charge in [0, 0.05) is 6.42 Å². The first-order valence-corrected chi connectivity index (χ1v) is 8.56. The first-order valence-electron chi connectivity index (χ1n) is 7.15. The second-order valence-corrected chi connectivity index (χ2v) is 6.98. The molecule has 2 aromatic carbocycles. The van der Waals surface area contributed by atoms with E-state index in [0.717, 1.165) is 10.8 Å². The number of benzene rings is 2. The third-order valence-electron chi connectivity index (χ3n) is 3.70. The Bertz CT molecular complexity index is 763. The smallest absolute Gasteiger partial charge is 0.296 e. The van der Waals surface area contributed by atoms with E-state index in [1.165, 1.54) is 0 Å². The average molecular weight is 322 g/mol. The topological polar surface area (TPSA) is 61.8 Å². The Labute approximate surface area is 129 Å². The fourth-order valence-electron chi connectivity index (χ4n) is 2.43. The normalized spacial score (nSPS) is 17.9. The Kier molecular flexibility index (Phi) is 4.18. The molecule has 1 aliphatic heterocycles. The van der Waals surface area contributed by atoms with E-state index in [1.807, 2.05) is 24.3 Å². The van der Waals surface area contributed by atoms with Gasteiger partial charge in [0.1, 0.15) is 0 Å². The lowest BCUT2D eigenvalue weighted by Gasteiger charge is -2.21. The maximum absolute atomic E-state index is 12.3. The molecule has 0 spiro atoms. The minimum atomic E-state index is -3.78. The van der Waals surface area contributed by atoms with Crippen LogP contribution < -0.4 is 0 Å². The van der Waals surface area contributed by atoms with Crippen molar-refractivity contribution in [3.8, 4) is 0 Å². The van der Waals surface area contributed by atoms with E-state index in [2.05, 4.69) is 0 Å². The molecule has 0 saturated carbocycles. The summed E-state index contributed by atoms with van der Waals surface area (Å²) >= 11 is 0. The van der Waals surface area contributed by atoms with E-state index in [1.54, 1.807) is 25.1 Å². The van der Waals surface area contributed by atoms with E-state index in [9.17, 15) is 8.42 Å². The van der Waals surface area contributed by atoms with Crippen LogP contribution in [0.25, 0.3) is 10.8 Å². The zero-order valence-corrected chi connectivity index (χ0v) is 13.1. The predicted molar refractivity (Wildman–Crippen MR) is 82.0 cm³/mol. The third kappa shape index (κ3) is 3.30. The van der Waals surface area contributed by atoms with Crippen LogP contribution in [0.5, 0.6) is 0 Å². The van der Waals surface area contributed by atoms with Crippen LogP contribution in [0.3, 0.4) is 0 Å². The van der Waals surface area contributed by atoms with Gasteiger partial charge in [-0.2, -0.15) is 8.42 Å². The Hall–Kier alpha value is -1.47. The summed E-state index contributed by atoms with van der Waals surface area (Å²) in [4.78, 5) is 0.157. The lowest BCUT2D eigenvalue weighted by Crippen LogP contribution is -2.27. The molecule has 0 aliphatic carbocycles. The third-order valence-corrected chi connectivity index (χ3v) is 5.01. The van der Waals surface area contributed by atoms with E-state index >= 15 is 0 Å². The lowest BCUT2D eigenvalue weighted by atomic mass is 10.1. The molecule has 118 valence electrons. The van der Waals surface area contributed by atoms with Gasteiger partial charge < -0.3 is 9.47 Å². The van der Waals surface area contributed by atoms with Crippen molar-refractivity contribution in [1.82, 2.24) is 0 Å². The summed E-state index contributed by atoms with van der Waals surface area (Å²) in [5.41, 5.74) is 0. The second-order valence-electron chi connectivity index (χ2n) is 5.37. The molecule has 5 nitrogen and oxygen atoms in total. The minimum Gasteiger partial charge on any atom is -0.348 e. The molecular formula is C16H18O5S. The van der Waals surface area contributed by atoms with Gasteiger partial charge in [-0.3, -0.25) is 4.18 Å². The van der Waals surface area contributed by atoms with Crippen LogP contribution >= 0.6 is 0 Å². The maximum Gasteiger partial charge on any atom is 0.296 e. The van der Waals surface area contributed by atoms with Crippen molar-refractivity contribution in [3.63, 3.8) is 0 Å². The summed E-state index contributed by atoms with van der Waals surface area (Å²) in [7, 11) is -3.78. The quantitative estimate of drug-likeness (QED) is 0.792. The fraction of sp³-hybridized carbons (Fsp3) is 0.375. The Balaban J connectivity index is 1.71. The fourth-order valence-corrected chi connectivity index (χ4v) is 3.37. The van der Waals surface area contributed by atoms with Crippen molar-refractivity contribution < 1.29 is 22.1 Å². The molecule has 2 aromatic rings. The summed E-state index contributed by atoms with van der Waals surface area (Å²) in [5, 5.41) is 1.85. The first kappa shape index (κ1) is 15.4. The molecule has 0 aromatic heterocycles. The summed E-state index contributed by atoms with van der Waals surface area (Å²) in [6, 6.07) is 12.5. The number of hydrogen-bond acceptors (Lipinski definition) is 5. The molecule has 0 unspecified atom stereocenters. The van der Waals surface area contributed by atoms with Crippen LogP contribution in [-0.2, 0) is 23.8 Å². The highest BCUT2D eigenvalue weighted by molar-refractivity contribution is 7.86. The van der Waals surface area contributed by atoms with E-state index in [4.69, 9.17) is 13.7 Å². The van der Waals surface area contributed by atoms with E-state index in [0.29, 0.717) is 19.6 Å². The van der Waals surface area contributed by atoms with Gasteiger partial charge in [0.05, 0.1) is 24.7 Å². The van der Waals surface area contributed by atoms with Crippen molar-refractivity contribution in [2.24, 2.45) is 0 Å². The van der Waals surface area contributed by atoms with Gasteiger partial charge in [0.25, 0.3) is 10.1 Å². The predicted octanol–water partition coefficient (Wildman–Crippen LogP) is 2.70. The van der Waals surface area contributed by atoms with Crippen molar-refractivity contribution in [2.45, 2.75) is 24.0 Å². The number of rotatable bonds is 5. The van der Waals surface area contributed by atoms with Gasteiger partial charge in [-0.05, 0) is 29.8 Å². The monoisotopic (exact) mass is 322 g/mol. The number of ether oxygens (including phenoxy) is 2. The van der Waals surface area contributed by atoms with Gasteiger partial charge in [-0.15, -0.1) is 0 Å². The second kappa shape index (κ2) is 5.96. The Morgan fingerprint density at radius 2 is 1.77 bits per heavy atom. The van der Waals surface area contributed by atoms with Crippen LogP contribution in [-0.4, -0.2) is 34.0 Å². The molecule has 3 rings (SSSR count). The van der Waals surface area contributed by atoms with Crippen molar-refractivity contribution >= 4 is 20.9 Å². The standard InChI is InChI=1S/C16H18O5S/c1-16(19-10-11-20-16)8-9-21-22(17,18)15-7-6-13-4-2-3-5-14(13)12-15/h2-7,12H,8-11H2,1H3. The summed E-state index contributed by atoms with van der Waals surface area (Å²) in [5.74, 6) is -0.751. The van der Waals surface area contributed by atoms with Gasteiger partial charge in [-0.1, -0.05) is 30.3 Å². The summed E-state index contributed by atoms with van der Waals surface area (Å²) in [6.07, 6.45) is 0.361. The molecule has 0 bridgehead atoms. The van der Waals surface area contributed by atoms with Crippen molar-refractivity contribution in [2.75, 3.05) is 19.8 Å². The first-order chi connectivity index (χ1) is 10.5. The van der Waals surface area contributed by atoms with E-state index in [-0.39, 0.29) is 11.5 Å². The summed E-state index contributed by atoms with van der Waals surface area (Å²) < 4.78 is 40.4. The van der Waals surface area contributed by atoms with Crippen LogP contribution in [0.4, 0.5) is 0 Å². The molecular weight excluding hydrogens is 304 g/mol. The molecule has 22 heavy (non-hydrogen) atoms. The Morgan fingerprint density at radius 1 is 1.09 bits per heavy atom. The van der Waals surface area contributed by atoms with Gasteiger partial charge in [0.2, 0.25) is 0 Å². The highest BCUT2D eigenvalue weighted by Crippen LogP contribution is 2.24. The SMILES string of the molecule is CC1(CCOS(=O)(=O)c2ccc3ccccc3c2)OCCO1. The molecule has 1 aliphatic rings. The highest BCUT2D eigenvalue weighted by atomic mass is 32.2. The molecule has 0 atom stereocenters. The molecule has 0 N–H and O–H groups in total. The Morgan fingerprint density at radius 3 is 2.50 bits per heavy atom.